The first-order chi connectivity index (χ1) is 10.6. The second kappa shape index (κ2) is 7.90. The highest BCUT2D eigenvalue weighted by Crippen LogP contribution is 2.20. The fourth-order valence-electron chi connectivity index (χ4n) is 2.21. The third-order valence-electron chi connectivity index (χ3n) is 3.24. The van der Waals surface area contributed by atoms with Crippen LogP contribution in [0.15, 0.2) is 59.5 Å². The van der Waals surface area contributed by atoms with Crippen LogP contribution in [0.5, 0.6) is 5.75 Å². The molecule has 0 fully saturated rings. The number of anilines is 1. The number of nitrogens with zero attached hydrogens (tertiary/aromatic N) is 1. The lowest BCUT2D eigenvalue weighted by molar-refractivity contribution is -0.120. The highest BCUT2D eigenvalue weighted by Gasteiger charge is 2.19. The normalized spacial score (nSPS) is 10.5. The van der Waals surface area contributed by atoms with E-state index in [9.17, 15) is 4.79 Å². The first-order valence-corrected chi connectivity index (χ1v) is 8.48. The van der Waals surface area contributed by atoms with Crippen molar-refractivity contribution in [2.75, 3.05) is 17.8 Å². The third-order valence-corrected chi connectivity index (χ3v) is 3.98. The van der Waals surface area contributed by atoms with Crippen molar-refractivity contribution in [1.29, 1.82) is 0 Å². The molecule has 0 spiro atoms. The Kier molecular flexibility index (Phi) is 5.90. The Balaban J connectivity index is 2.02. The lowest BCUT2D eigenvalue weighted by Gasteiger charge is -2.26. The minimum Gasteiger partial charge on any atom is -0.484 e. The molecule has 0 aliphatic heterocycles. The second-order valence-corrected chi connectivity index (χ2v) is 6.04. The monoisotopic (exact) mass is 315 g/mol. The van der Waals surface area contributed by atoms with Crippen LogP contribution in [0.3, 0.4) is 0 Å². The van der Waals surface area contributed by atoms with E-state index >= 15 is 0 Å². The molecule has 0 N–H and O–H groups in total. The van der Waals surface area contributed by atoms with Crippen LogP contribution < -0.4 is 9.64 Å². The summed E-state index contributed by atoms with van der Waals surface area (Å²) >= 11 is 1.68. The molecule has 4 heteroatoms. The maximum absolute atomic E-state index is 12.5. The number of rotatable bonds is 6. The Labute approximate surface area is 136 Å². The fraction of sp³-hybridized carbons (Fsp3) is 0.278. The van der Waals surface area contributed by atoms with E-state index < -0.39 is 0 Å². The molecular weight excluding hydrogens is 294 g/mol. The van der Waals surface area contributed by atoms with Crippen LogP contribution in [-0.4, -0.2) is 24.8 Å². The minimum atomic E-state index is -0.0462. The smallest absolute Gasteiger partial charge is 0.265 e. The van der Waals surface area contributed by atoms with Gasteiger partial charge in [0.1, 0.15) is 5.75 Å². The van der Waals surface area contributed by atoms with Gasteiger partial charge in [-0.15, -0.1) is 11.8 Å². The van der Waals surface area contributed by atoms with Crippen LogP contribution in [0, 0.1) is 0 Å². The van der Waals surface area contributed by atoms with E-state index in [1.54, 1.807) is 16.7 Å². The molecular formula is C18H21NO2S. The number of thioether (sulfide) groups is 1. The first-order valence-electron chi connectivity index (χ1n) is 7.26. The highest BCUT2D eigenvalue weighted by molar-refractivity contribution is 7.98. The number of para-hydroxylation sites is 1. The van der Waals surface area contributed by atoms with Gasteiger partial charge in [-0.05, 0) is 56.5 Å². The van der Waals surface area contributed by atoms with Crippen LogP contribution in [0.25, 0.3) is 0 Å². The van der Waals surface area contributed by atoms with Crippen molar-refractivity contribution in [2.24, 2.45) is 0 Å². The standard InChI is InChI=1S/C18H21NO2S/c1-14(2)19(15-7-5-4-6-8-15)18(20)13-21-16-9-11-17(22-3)12-10-16/h4-12,14H,13H2,1-3H3. The fourth-order valence-corrected chi connectivity index (χ4v) is 2.61. The summed E-state index contributed by atoms with van der Waals surface area (Å²) in [5.41, 5.74) is 0.892. The zero-order valence-electron chi connectivity index (χ0n) is 13.2. The molecule has 0 atom stereocenters. The number of carbonyl (C=O) groups excluding carboxylic acids is 1. The van der Waals surface area contributed by atoms with Crippen LogP contribution >= 0.6 is 11.8 Å². The number of ether oxygens (including phenoxy) is 1. The summed E-state index contributed by atoms with van der Waals surface area (Å²) in [4.78, 5) is 15.4. The molecule has 1 amide bonds. The van der Waals surface area contributed by atoms with E-state index in [1.807, 2.05) is 74.7 Å². The first kappa shape index (κ1) is 16.4. The highest BCUT2D eigenvalue weighted by atomic mass is 32.2. The average Bonchev–Trinajstić information content (AvgIpc) is 2.54. The van der Waals surface area contributed by atoms with Crippen molar-refractivity contribution in [3.8, 4) is 5.75 Å². The van der Waals surface area contributed by atoms with Gasteiger partial charge in [-0.3, -0.25) is 4.79 Å². The SMILES string of the molecule is CSc1ccc(OCC(=O)N(c2ccccc2)C(C)C)cc1. The van der Waals surface area contributed by atoms with E-state index in [0.717, 1.165) is 5.69 Å². The third kappa shape index (κ3) is 4.28. The Morgan fingerprint density at radius 2 is 1.73 bits per heavy atom. The molecule has 0 aromatic heterocycles. The molecule has 0 aliphatic carbocycles. The molecule has 0 aliphatic rings. The Morgan fingerprint density at radius 1 is 1.09 bits per heavy atom. The molecule has 0 heterocycles. The average molecular weight is 315 g/mol. The van der Waals surface area contributed by atoms with Crippen molar-refractivity contribution in [2.45, 2.75) is 24.8 Å². The van der Waals surface area contributed by atoms with Gasteiger partial charge in [0.25, 0.3) is 5.91 Å². The second-order valence-electron chi connectivity index (χ2n) is 5.16. The molecule has 2 aromatic carbocycles. The van der Waals surface area contributed by atoms with Gasteiger partial charge in [0.05, 0.1) is 0 Å². The summed E-state index contributed by atoms with van der Waals surface area (Å²) in [5, 5.41) is 0. The summed E-state index contributed by atoms with van der Waals surface area (Å²) in [7, 11) is 0. The topological polar surface area (TPSA) is 29.5 Å². The molecule has 22 heavy (non-hydrogen) atoms. The van der Waals surface area contributed by atoms with Crippen LogP contribution in [0.4, 0.5) is 5.69 Å². The molecule has 2 rings (SSSR count). The van der Waals surface area contributed by atoms with Crippen molar-refractivity contribution >= 4 is 23.4 Å². The van der Waals surface area contributed by atoms with Crippen molar-refractivity contribution < 1.29 is 9.53 Å². The predicted molar refractivity (Wildman–Crippen MR) is 92.8 cm³/mol. The maximum atomic E-state index is 12.5. The summed E-state index contributed by atoms with van der Waals surface area (Å²) in [5.74, 6) is 0.665. The van der Waals surface area contributed by atoms with E-state index in [2.05, 4.69) is 0 Å². The molecule has 0 saturated carbocycles. The van der Waals surface area contributed by atoms with Crippen LogP contribution in [0.2, 0.25) is 0 Å². The molecule has 0 unspecified atom stereocenters. The molecule has 0 bridgehead atoms. The summed E-state index contributed by atoms with van der Waals surface area (Å²) in [6.45, 7) is 4.03. The van der Waals surface area contributed by atoms with Gasteiger partial charge < -0.3 is 9.64 Å². The molecule has 2 aromatic rings. The van der Waals surface area contributed by atoms with E-state index in [0.29, 0.717) is 5.75 Å². The van der Waals surface area contributed by atoms with Crippen molar-refractivity contribution in [3.63, 3.8) is 0 Å². The maximum Gasteiger partial charge on any atom is 0.265 e. The number of hydrogen-bond acceptors (Lipinski definition) is 3. The summed E-state index contributed by atoms with van der Waals surface area (Å²) in [6, 6.07) is 17.5. The van der Waals surface area contributed by atoms with Gasteiger partial charge in [0.2, 0.25) is 0 Å². The number of benzene rings is 2. The van der Waals surface area contributed by atoms with E-state index in [4.69, 9.17) is 4.74 Å². The molecule has 0 radical (unpaired) electrons. The quantitative estimate of drug-likeness (QED) is 0.747. The minimum absolute atomic E-state index is 0.0334. The number of carbonyl (C=O) groups is 1. The summed E-state index contributed by atoms with van der Waals surface area (Å²) in [6.07, 6.45) is 2.03. The predicted octanol–water partition coefficient (Wildman–Crippen LogP) is 4.23. The molecule has 116 valence electrons. The van der Waals surface area contributed by atoms with Gasteiger partial charge in [0, 0.05) is 16.6 Å². The number of amides is 1. The zero-order chi connectivity index (χ0) is 15.9. The lowest BCUT2D eigenvalue weighted by atomic mass is 10.2. The van der Waals surface area contributed by atoms with Gasteiger partial charge in [-0.25, -0.2) is 0 Å². The van der Waals surface area contributed by atoms with Crippen LogP contribution in [0.1, 0.15) is 13.8 Å². The van der Waals surface area contributed by atoms with Gasteiger partial charge >= 0.3 is 0 Å². The van der Waals surface area contributed by atoms with Crippen molar-refractivity contribution in [1.82, 2.24) is 0 Å². The van der Waals surface area contributed by atoms with E-state index in [1.165, 1.54) is 4.90 Å². The Bertz CT molecular complexity index is 596. The largest absolute Gasteiger partial charge is 0.484 e. The zero-order valence-corrected chi connectivity index (χ0v) is 14.0. The van der Waals surface area contributed by atoms with Gasteiger partial charge in [0.15, 0.2) is 6.61 Å². The molecule has 0 saturated heterocycles. The summed E-state index contributed by atoms with van der Waals surface area (Å²) < 4.78 is 5.62. The lowest BCUT2D eigenvalue weighted by Crippen LogP contribution is -2.40. The Hall–Kier alpha value is -1.94. The van der Waals surface area contributed by atoms with E-state index in [-0.39, 0.29) is 18.6 Å². The Morgan fingerprint density at radius 3 is 2.27 bits per heavy atom. The number of hydrogen-bond donors (Lipinski definition) is 0. The van der Waals surface area contributed by atoms with Gasteiger partial charge in [-0.2, -0.15) is 0 Å². The molecule has 3 nitrogen and oxygen atoms in total. The van der Waals surface area contributed by atoms with Crippen LogP contribution in [-0.2, 0) is 4.79 Å². The van der Waals surface area contributed by atoms with Crippen molar-refractivity contribution in [3.05, 3.63) is 54.6 Å². The van der Waals surface area contributed by atoms with Gasteiger partial charge in [-0.1, -0.05) is 18.2 Å².